The van der Waals surface area contributed by atoms with Crippen LogP contribution in [0.2, 0.25) is 0 Å². The van der Waals surface area contributed by atoms with Crippen molar-refractivity contribution in [1.82, 2.24) is 19.3 Å². The first-order chi connectivity index (χ1) is 16.6. The second-order valence-electron chi connectivity index (χ2n) is 7.35. The Morgan fingerprint density at radius 1 is 1.00 bits per heavy atom. The molecular formula is C23H18F3N5O4. The van der Waals surface area contributed by atoms with Crippen LogP contribution in [0.5, 0.6) is 5.75 Å². The average Bonchev–Trinajstić information content (AvgIpc) is 3.44. The van der Waals surface area contributed by atoms with Crippen molar-refractivity contribution in [1.29, 1.82) is 0 Å². The molecule has 0 saturated carbocycles. The van der Waals surface area contributed by atoms with Crippen LogP contribution in [-0.2, 0) is 6.18 Å². The number of carbonyl (C=O) groups excluding carboxylic acids is 1. The maximum Gasteiger partial charge on any atom is 0.435 e. The molecule has 2 aromatic carbocycles. The van der Waals surface area contributed by atoms with Gasteiger partial charge in [-0.2, -0.15) is 18.3 Å². The Morgan fingerprint density at radius 2 is 1.63 bits per heavy atom. The third-order valence-corrected chi connectivity index (χ3v) is 5.09. The van der Waals surface area contributed by atoms with Gasteiger partial charge >= 0.3 is 12.1 Å². The Morgan fingerprint density at radius 3 is 2.20 bits per heavy atom. The van der Waals surface area contributed by atoms with Gasteiger partial charge in [-0.1, -0.05) is 0 Å². The standard InChI is InChI=1S/C23H18F3N5O4/c1-13-27-12-19(22(33)34)30(13)15-5-3-14(4-6-15)28-21(32)18-11-20(23(24,25)26)29-31(18)16-7-9-17(35-2)10-8-16/h3-12H,1-2H3,(H,28,32)(H,33,34). The maximum atomic E-state index is 13.3. The number of imidazole rings is 1. The third kappa shape index (κ3) is 4.71. The number of ether oxygens (including phenoxy) is 1. The van der Waals surface area contributed by atoms with Crippen LogP contribution in [0.15, 0.2) is 60.8 Å². The van der Waals surface area contributed by atoms with Gasteiger partial charge in [-0.15, -0.1) is 0 Å². The Balaban J connectivity index is 1.64. The molecule has 0 aliphatic carbocycles. The van der Waals surface area contributed by atoms with E-state index in [1.165, 1.54) is 54.3 Å². The first-order valence-electron chi connectivity index (χ1n) is 10.1. The van der Waals surface area contributed by atoms with Crippen molar-refractivity contribution in [3.63, 3.8) is 0 Å². The number of amides is 1. The number of nitrogens with zero attached hydrogens (tertiary/aromatic N) is 4. The molecule has 2 aromatic heterocycles. The third-order valence-electron chi connectivity index (χ3n) is 5.09. The molecule has 1 amide bonds. The van der Waals surface area contributed by atoms with Crippen molar-refractivity contribution in [2.75, 3.05) is 12.4 Å². The predicted molar refractivity (Wildman–Crippen MR) is 118 cm³/mol. The van der Waals surface area contributed by atoms with E-state index in [1.54, 1.807) is 19.1 Å². The number of aryl methyl sites for hydroxylation is 1. The summed E-state index contributed by atoms with van der Waals surface area (Å²) in [7, 11) is 1.45. The van der Waals surface area contributed by atoms with E-state index in [2.05, 4.69) is 15.4 Å². The topological polar surface area (TPSA) is 111 Å². The fourth-order valence-corrected chi connectivity index (χ4v) is 3.41. The number of aromatic nitrogens is 4. The Hall–Kier alpha value is -4.61. The number of anilines is 1. The van der Waals surface area contributed by atoms with Crippen LogP contribution in [0.4, 0.5) is 18.9 Å². The van der Waals surface area contributed by atoms with Gasteiger partial charge in [0.15, 0.2) is 11.4 Å². The minimum absolute atomic E-state index is 0.0395. The first kappa shape index (κ1) is 23.5. The van der Waals surface area contributed by atoms with Crippen LogP contribution in [0.1, 0.15) is 32.5 Å². The van der Waals surface area contributed by atoms with Crippen LogP contribution in [0.25, 0.3) is 11.4 Å². The van der Waals surface area contributed by atoms with Gasteiger partial charge in [0.2, 0.25) is 0 Å². The fraction of sp³-hybridized carbons (Fsp3) is 0.130. The number of methoxy groups -OCH3 is 1. The number of nitrogens with one attached hydrogen (secondary N) is 1. The highest BCUT2D eigenvalue weighted by Crippen LogP contribution is 2.30. The average molecular weight is 485 g/mol. The van der Waals surface area contributed by atoms with Gasteiger partial charge in [-0.05, 0) is 55.5 Å². The number of halogens is 3. The summed E-state index contributed by atoms with van der Waals surface area (Å²) in [5.41, 5.74) is -0.584. The molecule has 12 heteroatoms. The highest BCUT2D eigenvalue weighted by molar-refractivity contribution is 6.03. The molecule has 2 N–H and O–H groups in total. The van der Waals surface area contributed by atoms with E-state index in [9.17, 15) is 27.9 Å². The van der Waals surface area contributed by atoms with Crippen molar-refractivity contribution in [3.8, 4) is 17.1 Å². The van der Waals surface area contributed by atoms with Crippen LogP contribution < -0.4 is 10.1 Å². The first-order valence-corrected chi connectivity index (χ1v) is 10.1. The van der Waals surface area contributed by atoms with Crippen molar-refractivity contribution in [2.24, 2.45) is 0 Å². The van der Waals surface area contributed by atoms with Gasteiger partial charge in [0.05, 0.1) is 19.0 Å². The SMILES string of the molecule is COc1ccc(-n2nc(C(F)(F)F)cc2C(=O)Nc2ccc(-n3c(C(=O)O)cnc3C)cc2)cc1. The van der Waals surface area contributed by atoms with Crippen LogP contribution >= 0.6 is 0 Å². The Labute approximate surface area is 196 Å². The van der Waals surface area contributed by atoms with E-state index in [1.807, 2.05) is 0 Å². The molecule has 4 rings (SSSR count). The van der Waals surface area contributed by atoms with E-state index >= 15 is 0 Å². The zero-order valence-corrected chi connectivity index (χ0v) is 18.4. The molecule has 0 aliphatic heterocycles. The summed E-state index contributed by atoms with van der Waals surface area (Å²) >= 11 is 0. The lowest BCUT2D eigenvalue weighted by Gasteiger charge is -2.11. The molecule has 0 saturated heterocycles. The Bertz CT molecular complexity index is 1390. The summed E-state index contributed by atoms with van der Waals surface area (Å²) in [6.45, 7) is 1.64. The quantitative estimate of drug-likeness (QED) is 0.420. The number of hydrogen-bond acceptors (Lipinski definition) is 5. The van der Waals surface area contributed by atoms with Gasteiger partial charge in [-0.25, -0.2) is 14.5 Å². The second kappa shape index (κ2) is 8.97. The van der Waals surface area contributed by atoms with Crippen LogP contribution in [-0.4, -0.2) is 43.4 Å². The van der Waals surface area contributed by atoms with E-state index < -0.39 is 23.7 Å². The number of aromatic carboxylic acids is 1. The number of rotatable bonds is 6. The van der Waals surface area contributed by atoms with Crippen molar-refractivity contribution >= 4 is 17.6 Å². The number of hydrogen-bond donors (Lipinski definition) is 2. The molecule has 9 nitrogen and oxygen atoms in total. The summed E-state index contributed by atoms with van der Waals surface area (Å²) in [5, 5.41) is 15.5. The lowest BCUT2D eigenvalue weighted by atomic mass is 10.2. The highest BCUT2D eigenvalue weighted by Gasteiger charge is 2.36. The molecule has 0 fully saturated rings. The summed E-state index contributed by atoms with van der Waals surface area (Å²) < 4.78 is 47.4. The zero-order valence-electron chi connectivity index (χ0n) is 18.4. The summed E-state index contributed by atoms with van der Waals surface area (Å²) in [6, 6.07) is 12.8. The molecule has 0 aliphatic rings. The molecule has 0 atom stereocenters. The normalized spacial score (nSPS) is 11.3. The second-order valence-corrected chi connectivity index (χ2v) is 7.35. The molecule has 35 heavy (non-hydrogen) atoms. The van der Waals surface area contributed by atoms with E-state index in [0.29, 0.717) is 23.3 Å². The number of carboxylic acids is 1. The summed E-state index contributed by atoms with van der Waals surface area (Å²) in [6.07, 6.45) is -3.52. The van der Waals surface area contributed by atoms with Gasteiger partial charge in [0.1, 0.15) is 17.3 Å². The number of carbonyl (C=O) groups is 2. The Kier molecular flexibility index (Phi) is 6.03. The smallest absolute Gasteiger partial charge is 0.435 e. The molecular weight excluding hydrogens is 467 g/mol. The minimum Gasteiger partial charge on any atom is -0.497 e. The van der Waals surface area contributed by atoms with Crippen molar-refractivity contribution in [2.45, 2.75) is 13.1 Å². The van der Waals surface area contributed by atoms with Gasteiger partial charge in [0.25, 0.3) is 5.91 Å². The highest BCUT2D eigenvalue weighted by atomic mass is 19.4. The summed E-state index contributed by atoms with van der Waals surface area (Å²) in [4.78, 5) is 28.3. The van der Waals surface area contributed by atoms with Crippen LogP contribution in [0.3, 0.4) is 0 Å². The summed E-state index contributed by atoms with van der Waals surface area (Å²) in [5.74, 6) is -1.04. The molecule has 2 heterocycles. The van der Waals surface area contributed by atoms with Crippen molar-refractivity contribution in [3.05, 3.63) is 83.7 Å². The largest absolute Gasteiger partial charge is 0.497 e. The van der Waals surface area contributed by atoms with Crippen molar-refractivity contribution < 1.29 is 32.6 Å². The lowest BCUT2D eigenvalue weighted by Crippen LogP contribution is -2.17. The molecule has 4 aromatic rings. The zero-order chi connectivity index (χ0) is 25.3. The van der Waals surface area contributed by atoms with E-state index in [4.69, 9.17) is 4.74 Å². The van der Waals surface area contributed by atoms with E-state index in [0.717, 1.165) is 4.68 Å². The van der Waals surface area contributed by atoms with Gasteiger partial charge in [-0.3, -0.25) is 9.36 Å². The van der Waals surface area contributed by atoms with Gasteiger partial charge < -0.3 is 15.2 Å². The number of benzene rings is 2. The van der Waals surface area contributed by atoms with E-state index in [-0.39, 0.29) is 22.8 Å². The lowest BCUT2D eigenvalue weighted by molar-refractivity contribution is -0.141. The maximum absolute atomic E-state index is 13.3. The number of alkyl halides is 3. The molecule has 0 bridgehead atoms. The monoisotopic (exact) mass is 485 g/mol. The fourth-order valence-electron chi connectivity index (χ4n) is 3.41. The van der Waals surface area contributed by atoms with Gasteiger partial charge in [0, 0.05) is 17.4 Å². The molecule has 0 unspecified atom stereocenters. The number of carboxylic acid groups (broad SMARTS) is 1. The predicted octanol–water partition coefficient (Wildman–Crippen LogP) is 4.34. The minimum atomic E-state index is -4.75. The molecule has 180 valence electrons. The van der Waals surface area contributed by atoms with Crippen LogP contribution in [0, 0.1) is 6.92 Å². The molecule has 0 spiro atoms. The molecule has 0 radical (unpaired) electrons.